The van der Waals surface area contributed by atoms with E-state index in [0.717, 1.165) is 6.54 Å². The zero-order valence-electron chi connectivity index (χ0n) is 11.9. The zero-order chi connectivity index (χ0) is 13.1. The highest BCUT2D eigenvalue weighted by atomic mass is 15.2. The summed E-state index contributed by atoms with van der Waals surface area (Å²) < 4.78 is 0. The molecule has 104 valence electrons. The molecule has 1 heterocycles. The summed E-state index contributed by atoms with van der Waals surface area (Å²) in [6.07, 6.45) is 8.74. The Balaban J connectivity index is 1.58. The molecule has 0 unspecified atom stereocenters. The van der Waals surface area contributed by atoms with Crippen LogP contribution in [0, 0.1) is 5.41 Å². The number of rotatable bonds is 3. The summed E-state index contributed by atoms with van der Waals surface area (Å²) in [6, 6.07) is 8.63. The van der Waals surface area contributed by atoms with Gasteiger partial charge >= 0.3 is 0 Å². The van der Waals surface area contributed by atoms with E-state index in [4.69, 9.17) is 5.73 Å². The van der Waals surface area contributed by atoms with Crippen molar-refractivity contribution in [3.05, 3.63) is 35.4 Å². The Morgan fingerprint density at radius 2 is 1.58 bits per heavy atom. The van der Waals surface area contributed by atoms with Gasteiger partial charge in [-0.15, -0.1) is 0 Å². The summed E-state index contributed by atoms with van der Waals surface area (Å²) in [5.41, 5.74) is 9.23. The summed E-state index contributed by atoms with van der Waals surface area (Å²) in [5, 5.41) is 0. The summed E-state index contributed by atoms with van der Waals surface area (Å²) in [7, 11) is 0. The average molecular weight is 258 g/mol. The molecule has 1 saturated carbocycles. The number of nitrogens with two attached hydrogens (primary N) is 1. The number of likely N-dealkylation sites (tertiary alicyclic amines) is 1. The first-order valence-corrected chi connectivity index (χ1v) is 7.81. The molecule has 1 aliphatic heterocycles. The van der Waals surface area contributed by atoms with Crippen LogP contribution in [0.2, 0.25) is 0 Å². The molecule has 2 aliphatic rings. The van der Waals surface area contributed by atoms with Crippen LogP contribution in [0.3, 0.4) is 0 Å². The molecule has 0 radical (unpaired) electrons. The topological polar surface area (TPSA) is 29.3 Å². The molecule has 2 fully saturated rings. The standard InChI is InChI=1S/C17H26N2/c18-11-15-7-3-4-8-16(15)12-19-13-17(14-19)9-5-1-2-6-10-17/h3-4,7-8H,1-2,5-6,9-14,18H2. The molecule has 2 nitrogen and oxygen atoms in total. The molecule has 0 atom stereocenters. The molecule has 1 saturated heterocycles. The second-order valence-corrected chi connectivity index (χ2v) is 6.53. The van der Waals surface area contributed by atoms with Crippen molar-refractivity contribution in [1.29, 1.82) is 0 Å². The Bertz CT molecular complexity index is 411. The lowest BCUT2D eigenvalue weighted by atomic mass is 9.73. The summed E-state index contributed by atoms with van der Waals surface area (Å²) in [4.78, 5) is 2.61. The SMILES string of the molecule is NCc1ccccc1CN1CC2(CCCCCC2)C1. The molecule has 0 amide bonds. The van der Waals surface area contributed by atoms with E-state index in [1.54, 1.807) is 0 Å². The van der Waals surface area contributed by atoms with E-state index in [9.17, 15) is 0 Å². The van der Waals surface area contributed by atoms with Gasteiger partial charge in [0.2, 0.25) is 0 Å². The monoisotopic (exact) mass is 258 g/mol. The second-order valence-electron chi connectivity index (χ2n) is 6.53. The maximum atomic E-state index is 5.82. The van der Waals surface area contributed by atoms with Gasteiger partial charge in [-0.3, -0.25) is 4.90 Å². The van der Waals surface area contributed by atoms with Crippen molar-refractivity contribution < 1.29 is 0 Å². The minimum absolute atomic E-state index is 0.662. The predicted molar refractivity (Wildman–Crippen MR) is 79.7 cm³/mol. The fourth-order valence-corrected chi connectivity index (χ4v) is 3.96. The lowest BCUT2D eigenvalue weighted by Gasteiger charge is -2.50. The fourth-order valence-electron chi connectivity index (χ4n) is 3.96. The molecular formula is C17H26N2. The molecule has 0 bridgehead atoms. The van der Waals surface area contributed by atoms with E-state index in [2.05, 4.69) is 29.2 Å². The molecule has 19 heavy (non-hydrogen) atoms. The highest BCUT2D eigenvalue weighted by Crippen LogP contribution is 2.43. The van der Waals surface area contributed by atoms with Gasteiger partial charge in [-0.2, -0.15) is 0 Å². The van der Waals surface area contributed by atoms with Gasteiger partial charge in [0.15, 0.2) is 0 Å². The predicted octanol–water partition coefficient (Wildman–Crippen LogP) is 3.30. The molecular weight excluding hydrogens is 232 g/mol. The summed E-state index contributed by atoms with van der Waals surface area (Å²) >= 11 is 0. The van der Waals surface area contributed by atoms with Gasteiger partial charge in [0.1, 0.15) is 0 Å². The van der Waals surface area contributed by atoms with Crippen LogP contribution in [-0.2, 0) is 13.1 Å². The number of benzene rings is 1. The average Bonchev–Trinajstić information content (AvgIpc) is 2.65. The Morgan fingerprint density at radius 3 is 2.21 bits per heavy atom. The van der Waals surface area contributed by atoms with E-state index < -0.39 is 0 Å². The Kier molecular flexibility index (Phi) is 3.90. The molecule has 1 aliphatic carbocycles. The van der Waals surface area contributed by atoms with Gasteiger partial charge in [-0.1, -0.05) is 49.9 Å². The molecule has 2 heteroatoms. The van der Waals surface area contributed by atoms with Gasteiger partial charge in [-0.05, 0) is 29.4 Å². The third-order valence-electron chi connectivity index (χ3n) is 5.01. The van der Waals surface area contributed by atoms with Crippen LogP contribution >= 0.6 is 0 Å². The fraction of sp³-hybridized carbons (Fsp3) is 0.647. The quantitative estimate of drug-likeness (QED) is 0.901. The van der Waals surface area contributed by atoms with E-state index >= 15 is 0 Å². The van der Waals surface area contributed by atoms with Crippen molar-refractivity contribution in [3.8, 4) is 0 Å². The van der Waals surface area contributed by atoms with Gasteiger partial charge in [0.05, 0.1) is 0 Å². The zero-order valence-corrected chi connectivity index (χ0v) is 11.9. The van der Waals surface area contributed by atoms with E-state index in [0.29, 0.717) is 12.0 Å². The lowest BCUT2D eigenvalue weighted by molar-refractivity contribution is -0.0177. The molecule has 1 aromatic carbocycles. The smallest absolute Gasteiger partial charge is 0.0237 e. The summed E-state index contributed by atoms with van der Waals surface area (Å²) in [5.74, 6) is 0. The van der Waals surface area contributed by atoms with Crippen LogP contribution in [0.25, 0.3) is 0 Å². The van der Waals surface area contributed by atoms with E-state index in [-0.39, 0.29) is 0 Å². The van der Waals surface area contributed by atoms with E-state index in [1.807, 2.05) is 0 Å². The minimum Gasteiger partial charge on any atom is -0.326 e. The largest absolute Gasteiger partial charge is 0.326 e. The molecule has 0 aromatic heterocycles. The Hall–Kier alpha value is -0.860. The normalized spacial score (nSPS) is 23.0. The molecule has 1 spiro atoms. The van der Waals surface area contributed by atoms with Gasteiger partial charge in [-0.25, -0.2) is 0 Å². The maximum Gasteiger partial charge on any atom is 0.0237 e. The van der Waals surface area contributed by atoms with Crippen LogP contribution < -0.4 is 5.73 Å². The highest BCUT2D eigenvalue weighted by Gasteiger charge is 2.42. The van der Waals surface area contributed by atoms with Crippen LogP contribution in [0.4, 0.5) is 0 Å². The van der Waals surface area contributed by atoms with E-state index in [1.165, 1.54) is 62.7 Å². The number of nitrogens with zero attached hydrogens (tertiary/aromatic N) is 1. The van der Waals surface area contributed by atoms with Gasteiger partial charge < -0.3 is 5.73 Å². The van der Waals surface area contributed by atoms with Crippen LogP contribution in [0.5, 0.6) is 0 Å². The van der Waals surface area contributed by atoms with Crippen molar-refractivity contribution in [3.63, 3.8) is 0 Å². The second kappa shape index (κ2) is 5.64. The van der Waals surface area contributed by atoms with Crippen LogP contribution in [-0.4, -0.2) is 18.0 Å². The maximum absolute atomic E-state index is 5.82. The Morgan fingerprint density at radius 1 is 0.947 bits per heavy atom. The third kappa shape index (κ3) is 2.85. The van der Waals surface area contributed by atoms with Crippen molar-refractivity contribution in [1.82, 2.24) is 4.90 Å². The molecule has 3 rings (SSSR count). The summed E-state index contributed by atoms with van der Waals surface area (Å²) in [6.45, 7) is 4.38. The highest BCUT2D eigenvalue weighted by molar-refractivity contribution is 5.27. The van der Waals surface area contributed by atoms with Crippen LogP contribution in [0.1, 0.15) is 49.7 Å². The van der Waals surface area contributed by atoms with Crippen molar-refractivity contribution in [2.75, 3.05) is 13.1 Å². The number of hydrogen-bond donors (Lipinski definition) is 1. The molecule has 2 N–H and O–H groups in total. The van der Waals surface area contributed by atoms with Gasteiger partial charge in [0.25, 0.3) is 0 Å². The number of hydrogen-bond acceptors (Lipinski definition) is 2. The third-order valence-corrected chi connectivity index (χ3v) is 5.01. The lowest BCUT2D eigenvalue weighted by Crippen LogP contribution is -2.55. The van der Waals surface area contributed by atoms with Crippen molar-refractivity contribution in [2.24, 2.45) is 11.1 Å². The Labute approximate surface area is 117 Å². The molecule has 1 aromatic rings. The van der Waals surface area contributed by atoms with Crippen LogP contribution in [0.15, 0.2) is 24.3 Å². The first-order chi connectivity index (χ1) is 9.31. The van der Waals surface area contributed by atoms with Gasteiger partial charge in [0, 0.05) is 26.2 Å². The van der Waals surface area contributed by atoms with Crippen molar-refractivity contribution >= 4 is 0 Å². The first-order valence-electron chi connectivity index (χ1n) is 7.81. The minimum atomic E-state index is 0.662. The first kappa shape index (κ1) is 13.1. The van der Waals surface area contributed by atoms with Crippen molar-refractivity contribution in [2.45, 2.75) is 51.6 Å².